The molecule has 1 N–H and O–H groups in total. The number of halogens is 1. The first-order valence-electron chi connectivity index (χ1n) is 6.05. The number of ether oxygens (including phenoxy) is 1. The second-order valence-corrected chi connectivity index (χ2v) is 4.42. The molecule has 0 amide bonds. The van der Waals surface area contributed by atoms with Crippen molar-refractivity contribution in [2.45, 2.75) is 13.8 Å². The monoisotopic (exact) mass is 271 g/mol. The molecule has 0 aliphatic rings. The number of carbonyl (C=O) groups excluding carboxylic acids is 1. The van der Waals surface area contributed by atoms with Crippen molar-refractivity contribution in [2.24, 2.45) is 0 Å². The first kappa shape index (κ1) is 14.8. The lowest BCUT2D eigenvalue weighted by Crippen LogP contribution is -3.12. The number of nitrogens with one attached hydrogen (secondary N) is 1. The SMILES string of the molecule is CC[NH+](CC)CCOc1ccc(Cl)cc1C(=O)[O-]. The van der Waals surface area contributed by atoms with Gasteiger partial charge in [-0.1, -0.05) is 11.6 Å². The number of rotatable bonds is 7. The van der Waals surface area contributed by atoms with Crippen LogP contribution in [0.25, 0.3) is 0 Å². The molecule has 1 rings (SSSR count). The molecule has 0 aliphatic heterocycles. The summed E-state index contributed by atoms with van der Waals surface area (Å²) in [5.41, 5.74) is -0.00273. The molecule has 100 valence electrons. The molecular formula is C13H18ClNO3. The molecule has 5 heteroatoms. The van der Waals surface area contributed by atoms with Crippen LogP contribution in [-0.2, 0) is 0 Å². The Morgan fingerprint density at radius 2 is 2.06 bits per heavy atom. The van der Waals surface area contributed by atoms with E-state index in [1.165, 1.54) is 11.0 Å². The summed E-state index contributed by atoms with van der Waals surface area (Å²) in [7, 11) is 0. The Hall–Kier alpha value is -1.26. The molecule has 1 aromatic rings. The van der Waals surface area contributed by atoms with Crippen molar-refractivity contribution in [1.29, 1.82) is 0 Å². The van der Waals surface area contributed by atoms with Crippen LogP contribution in [-0.4, -0.2) is 32.2 Å². The topological polar surface area (TPSA) is 53.8 Å². The predicted molar refractivity (Wildman–Crippen MR) is 68.2 cm³/mol. The van der Waals surface area contributed by atoms with Crippen LogP contribution in [0.1, 0.15) is 24.2 Å². The van der Waals surface area contributed by atoms with E-state index >= 15 is 0 Å². The Kier molecular flexibility index (Phi) is 5.95. The van der Waals surface area contributed by atoms with Gasteiger partial charge in [-0.25, -0.2) is 0 Å². The van der Waals surface area contributed by atoms with E-state index in [1.807, 2.05) is 0 Å². The standard InChI is InChI=1S/C13H18ClNO3/c1-3-15(4-2)7-8-18-12-6-5-10(14)9-11(12)13(16)17/h5-6,9H,3-4,7-8H2,1-2H3,(H,16,17). The summed E-state index contributed by atoms with van der Waals surface area (Å²) in [6.45, 7) is 7.56. The number of carboxylic acid groups (broad SMARTS) is 1. The molecular weight excluding hydrogens is 254 g/mol. The highest BCUT2D eigenvalue weighted by Crippen LogP contribution is 2.22. The zero-order valence-corrected chi connectivity index (χ0v) is 11.4. The van der Waals surface area contributed by atoms with Crippen molar-refractivity contribution in [1.82, 2.24) is 0 Å². The maximum absolute atomic E-state index is 10.9. The smallest absolute Gasteiger partial charge is 0.137 e. The molecule has 4 nitrogen and oxygen atoms in total. The fraction of sp³-hybridized carbons (Fsp3) is 0.462. The maximum Gasteiger partial charge on any atom is 0.137 e. The third-order valence-electron chi connectivity index (χ3n) is 2.87. The van der Waals surface area contributed by atoms with Gasteiger partial charge >= 0.3 is 0 Å². The van der Waals surface area contributed by atoms with Gasteiger partial charge in [-0.05, 0) is 32.0 Å². The molecule has 0 heterocycles. The van der Waals surface area contributed by atoms with Gasteiger partial charge in [0, 0.05) is 10.6 Å². The van der Waals surface area contributed by atoms with Gasteiger partial charge in [0.15, 0.2) is 0 Å². The van der Waals surface area contributed by atoms with E-state index in [-0.39, 0.29) is 5.56 Å². The summed E-state index contributed by atoms with van der Waals surface area (Å²) in [6, 6.07) is 4.51. The van der Waals surface area contributed by atoms with Gasteiger partial charge in [-0.3, -0.25) is 0 Å². The quantitative estimate of drug-likeness (QED) is 0.760. The van der Waals surface area contributed by atoms with E-state index in [4.69, 9.17) is 16.3 Å². The van der Waals surface area contributed by atoms with Crippen molar-refractivity contribution in [3.8, 4) is 5.75 Å². The van der Waals surface area contributed by atoms with E-state index in [9.17, 15) is 9.90 Å². The van der Waals surface area contributed by atoms with Gasteiger partial charge in [0.25, 0.3) is 0 Å². The molecule has 0 atom stereocenters. The van der Waals surface area contributed by atoms with Crippen LogP contribution in [0.2, 0.25) is 5.02 Å². The van der Waals surface area contributed by atoms with Crippen LogP contribution in [0.15, 0.2) is 18.2 Å². The van der Waals surface area contributed by atoms with Crippen LogP contribution in [0.5, 0.6) is 5.75 Å². The highest BCUT2D eigenvalue weighted by Gasteiger charge is 2.08. The zero-order valence-electron chi connectivity index (χ0n) is 10.7. The molecule has 0 unspecified atom stereocenters. The summed E-state index contributed by atoms with van der Waals surface area (Å²) in [6.07, 6.45) is 0. The number of hydrogen-bond donors (Lipinski definition) is 1. The summed E-state index contributed by atoms with van der Waals surface area (Å²) in [5.74, 6) is -0.964. The van der Waals surface area contributed by atoms with Crippen LogP contribution < -0.4 is 14.7 Å². The van der Waals surface area contributed by atoms with Crippen molar-refractivity contribution in [2.75, 3.05) is 26.2 Å². The minimum atomic E-state index is -1.28. The minimum absolute atomic E-state index is 0.00273. The molecule has 18 heavy (non-hydrogen) atoms. The van der Waals surface area contributed by atoms with Gasteiger partial charge < -0.3 is 19.5 Å². The number of likely N-dealkylation sites (N-methyl/N-ethyl adjacent to an activating group) is 1. The Balaban J connectivity index is 2.64. The number of carboxylic acids is 1. The summed E-state index contributed by atoms with van der Waals surface area (Å²) < 4.78 is 5.49. The van der Waals surface area contributed by atoms with E-state index in [0.29, 0.717) is 17.4 Å². The van der Waals surface area contributed by atoms with E-state index < -0.39 is 5.97 Å². The number of aromatic carboxylic acids is 1. The van der Waals surface area contributed by atoms with Crippen molar-refractivity contribution in [3.05, 3.63) is 28.8 Å². The van der Waals surface area contributed by atoms with Crippen molar-refractivity contribution < 1.29 is 19.5 Å². The largest absolute Gasteiger partial charge is 0.545 e. The third-order valence-corrected chi connectivity index (χ3v) is 3.11. The second kappa shape index (κ2) is 7.24. The molecule has 0 fully saturated rings. The minimum Gasteiger partial charge on any atom is -0.545 e. The fourth-order valence-corrected chi connectivity index (χ4v) is 1.87. The first-order chi connectivity index (χ1) is 8.58. The molecule has 0 aliphatic carbocycles. The number of benzene rings is 1. The summed E-state index contributed by atoms with van der Waals surface area (Å²) in [4.78, 5) is 12.3. The van der Waals surface area contributed by atoms with Crippen LogP contribution in [0.4, 0.5) is 0 Å². The van der Waals surface area contributed by atoms with Gasteiger partial charge in [0.1, 0.15) is 18.9 Å². The average molecular weight is 272 g/mol. The highest BCUT2D eigenvalue weighted by molar-refractivity contribution is 6.31. The van der Waals surface area contributed by atoms with Gasteiger partial charge in [-0.2, -0.15) is 0 Å². The van der Waals surface area contributed by atoms with Gasteiger partial charge in [0.2, 0.25) is 0 Å². The molecule has 0 saturated heterocycles. The number of carbonyl (C=O) groups is 1. The van der Waals surface area contributed by atoms with Gasteiger partial charge in [0.05, 0.1) is 19.1 Å². The van der Waals surface area contributed by atoms with Crippen LogP contribution in [0, 0.1) is 0 Å². The number of hydrogen-bond acceptors (Lipinski definition) is 3. The summed E-state index contributed by atoms with van der Waals surface area (Å²) >= 11 is 5.74. The Labute approximate surface area is 112 Å². The van der Waals surface area contributed by atoms with E-state index in [1.54, 1.807) is 12.1 Å². The first-order valence-corrected chi connectivity index (χ1v) is 6.43. The molecule has 0 saturated carbocycles. The molecule has 0 aromatic heterocycles. The maximum atomic E-state index is 10.9. The van der Waals surface area contributed by atoms with E-state index in [2.05, 4.69) is 13.8 Å². The Morgan fingerprint density at radius 3 is 2.61 bits per heavy atom. The fourth-order valence-electron chi connectivity index (χ4n) is 1.70. The van der Waals surface area contributed by atoms with Crippen LogP contribution in [0.3, 0.4) is 0 Å². The summed E-state index contributed by atoms with van der Waals surface area (Å²) in [5, 5.41) is 11.3. The lowest BCUT2D eigenvalue weighted by molar-refractivity contribution is -0.896. The average Bonchev–Trinajstić information content (AvgIpc) is 2.36. The normalized spacial score (nSPS) is 10.7. The molecule has 0 bridgehead atoms. The lowest BCUT2D eigenvalue weighted by atomic mass is 10.2. The van der Waals surface area contributed by atoms with Crippen molar-refractivity contribution >= 4 is 17.6 Å². The van der Waals surface area contributed by atoms with E-state index in [0.717, 1.165) is 19.6 Å². The number of quaternary nitrogens is 1. The van der Waals surface area contributed by atoms with Gasteiger partial charge in [-0.15, -0.1) is 0 Å². The Bertz CT molecular complexity index is 405. The molecule has 0 radical (unpaired) electrons. The highest BCUT2D eigenvalue weighted by atomic mass is 35.5. The second-order valence-electron chi connectivity index (χ2n) is 3.98. The molecule has 0 spiro atoms. The lowest BCUT2D eigenvalue weighted by Gasteiger charge is -2.17. The molecule has 1 aromatic carbocycles. The third kappa shape index (κ3) is 4.20. The zero-order chi connectivity index (χ0) is 13.5. The van der Waals surface area contributed by atoms with Crippen molar-refractivity contribution in [3.63, 3.8) is 0 Å². The Morgan fingerprint density at radius 1 is 1.39 bits per heavy atom. The van der Waals surface area contributed by atoms with Crippen LogP contribution >= 0.6 is 11.6 Å². The predicted octanol–water partition coefficient (Wildman–Crippen LogP) is 0.00700.